The van der Waals surface area contributed by atoms with E-state index in [0.29, 0.717) is 36.9 Å². The van der Waals surface area contributed by atoms with Crippen LogP contribution in [0.3, 0.4) is 0 Å². The molecule has 0 fully saturated rings. The highest BCUT2D eigenvalue weighted by Crippen LogP contribution is 2.19. The van der Waals surface area contributed by atoms with E-state index in [0.717, 1.165) is 17.3 Å². The van der Waals surface area contributed by atoms with Crippen molar-refractivity contribution in [3.05, 3.63) is 77.2 Å². The van der Waals surface area contributed by atoms with E-state index in [1.54, 1.807) is 13.3 Å². The van der Waals surface area contributed by atoms with Crippen LogP contribution in [0.1, 0.15) is 16.8 Å². The third-order valence-electron chi connectivity index (χ3n) is 4.14. The van der Waals surface area contributed by atoms with E-state index in [1.165, 1.54) is 17.7 Å². The molecule has 0 unspecified atom stereocenters. The molecule has 28 heavy (non-hydrogen) atoms. The van der Waals surface area contributed by atoms with Crippen LogP contribution < -0.4 is 10.6 Å². The Hall–Kier alpha value is -3.22. The molecular weight excluding hydrogens is 362 g/mol. The summed E-state index contributed by atoms with van der Waals surface area (Å²) in [7, 11) is 1.65. The van der Waals surface area contributed by atoms with Crippen LogP contribution in [0.4, 0.5) is 8.78 Å². The topological polar surface area (TPSA) is 62.5 Å². The van der Waals surface area contributed by atoms with Gasteiger partial charge in [0.1, 0.15) is 17.9 Å². The SMILES string of the molecule is CN=C(NCCc1cc(F)cc(F)c1)NCc1coc(-c2ccc(C)cc2)n1. The van der Waals surface area contributed by atoms with Crippen molar-refractivity contribution in [2.75, 3.05) is 13.6 Å². The largest absolute Gasteiger partial charge is 0.444 e. The van der Waals surface area contributed by atoms with Crippen LogP contribution in [0.2, 0.25) is 0 Å². The number of benzene rings is 2. The van der Waals surface area contributed by atoms with Gasteiger partial charge >= 0.3 is 0 Å². The highest BCUT2D eigenvalue weighted by molar-refractivity contribution is 5.79. The fourth-order valence-electron chi connectivity index (χ4n) is 2.69. The first kappa shape index (κ1) is 19.5. The lowest BCUT2D eigenvalue weighted by molar-refractivity contribution is 0.572. The number of aliphatic imine (C=N–C) groups is 1. The number of nitrogens with one attached hydrogen (secondary N) is 2. The number of aryl methyl sites for hydroxylation is 1. The van der Waals surface area contributed by atoms with Gasteiger partial charge in [0, 0.05) is 25.2 Å². The van der Waals surface area contributed by atoms with Gasteiger partial charge in [-0.1, -0.05) is 17.7 Å². The molecule has 0 aliphatic carbocycles. The zero-order valence-corrected chi connectivity index (χ0v) is 15.8. The summed E-state index contributed by atoms with van der Waals surface area (Å²) in [6.07, 6.45) is 2.07. The number of guanidine groups is 1. The number of rotatable bonds is 6. The maximum atomic E-state index is 13.2. The van der Waals surface area contributed by atoms with Gasteiger partial charge in [0.2, 0.25) is 5.89 Å². The molecule has 0 aliphatic heterocycles. The second-order valence-electron chi connectivity index (χ2n) is 6.39. The molecule has 0 saturated heterocycles. The zero-order chi connectivity index (χ0) is 19.9. The summed E-state index contributed by atoms with van der Waals surface area (Å²) in [5.74, 6) is -0.0227. The number of halogens is 2. The molecule has 0 atom stereocenters. The highest BCUT2D eigenvalue weighted by Gasteiger charge is 2.07. The Bertz CT molecular complexity index is 931. The molecule has 1 heterocycles. The molecule has 146 valence electrons. The highest BCUT2D eigenvalue weighted by atomic mass is 19.1. The zero-order valence-electron chi connectivity index (χ0n) is 15.8. The van der Waals surface area contributed by atoms with Crippen LogP contribution >= 0.6 is 0 Å². The van der Waals surface area contributed by atoms with Gasteiger partial charge in [-0.2, -0.15) is 0 Å². The monoisotopic (exact) mass is 384 g/mol. The first-order valence-electron chi connectivity index (χ1n) is 8.94. The Balaban J connectivity index is 1.49. The normalized spacial score (nSPS) is 11.5. The summed E-state index contributed by atoms with van der Waals surface area (Å²) in [6.45, 7) is 2.94. The Morgan fingerprint density at radius 1 is 1.07 bits per heavy atom. The minimum absolute atomic E-state index is 0.434. The molecule has 5 nitrogen and oxygen atoms in total. The van der Waals surface area contributed by atoms with Crippen LogP contribution in [0, 0.1) is 18.6 Å². The van der Waals surface area contributed by atoms with Gasteiger partial charge in [0.05, 0.1) is 12.2 Å². The van der Waals surface area contributed by atoms with Gasteiger partial charge in [-0.25, -0.2) is 13.8 Å². The Morgan fingerprint density at radius 3 is 2.46 bits per heavy atom. The predicted octanol–water partition coefficient (Wildman–Crippen LogP) is 3.84. The smallest absolute Gasteiger partial charge is 0.226 e. The van der Waals surface area contributed by atoms with E-state index in [-0.39, 0.29) is 0 Å². The number of hydrogen-bond donors (Lipinski definition) is 2. The maximum absolute atomic E-state index is 13.2. The lowest BCUT2D eigenvalue weighted by atomic mass is 10.1. The third kappa shape index (κ3) is 5.39. The van der Waals surface area contributed by atoms with E-state index < -0.39 is 11.6 Å². The molecule has 0 bridgehead atoms. The van der Waals surface area contributed by atoms with Gasteiger partial charge in [-0.05, 0) is 43.2 Å². The molecule has 7 heteroatoms. The third-order valence-corrected chi connectivity index (χ3v) is 4.14. The van der Waals surface area contributed by atoms with E-state index in [2.05, 4.69) is 20.6 Å². The minimum Gasteiger partial charge on any atom is -0.444 e. The van der Waals surface area contributed by atoms with E-state index in [4.69, 9.17) is 4.42 Å². The Labute approximate surface area is 162 Å². The molecule has 1 aromatic heterocycles. The van der Waals surface area contributed by atoms with Crippen molar-refractivity contribution in [2.24, 2.45) is 4.99 Å². The van der Waals surface area contributed by atoms with Crippen LogP contribution in [0.15, 0.2) is 58.1 Å². The summed E-state index contributed by atoms with van der Waals surface area (Å²) in [4.78, 5) is 8.60. The molecular formula is C21H22F2N4O. The lowest BCUT2D eigenvalue weighted by Gasteiger charge is -2.11. The summed E-state index contributed by atoms with van der Waals surface area (Å²) >= 11 is 0. The van der Waals surface area contributed by atoms with Crippen molar-refractivity contribution < 1.29 is 13.2 Å². The predicted molar refractivity (Wildman–Crippen MR) is 105 cm³/mol. The Kier molecular flexibility index (Phi) is 6.37. The summed E-state index contributed by atoms with van der Waals surface area (Å²) in [5, 5.41) is 6.24. The van der Waals surface area contributed by atoms with Crippen LogP contribution in [0.5, 0.6) is 0 Å². The van der Waals surface area contributed by atoms with E-state index in [9.17, 15) is 8.78 Å². The summed E-state index contributed by atoms with van der Waals surface area (Å²) in [6, 6.07) is 11.5. The quantitative estimate of drug-likeness (QED) is 0.501. The molecule has 2 aromatic carbocycles. The van der Waals surface area contributed by atoms with Gasteiger partial charge in [-0.15, -0.1) is 0 Å². The van der Waals surface area contributed by atoms with Gasteiger partial charge in [0.25, 0.3) is 0 Å². The second-order valence-corrected chi connectivity index (χ2v) is 6.39. The van der Waals surface area contributed by atoms with Crippen molar-refractivity contribution in [1.82, 2.24) is 15.6 Å². The molecule has 2 N–H and O–H groups in total. The minimum atomic E-state index is -0.576. The molecule has 0 amide bonds. The Morgan fingerprint density at radius 2 is 1.79 bits per heavy atom. The first-order chi connectivity index (χ1) is 13.5. The van der Waals surface area contributed by atoms with Gasteiger partial charge in [-0.3, -0.25) is 4.99 Å². The van der Waals surface area contributed by atoms with Crippen LogP contribution in [-0.2, 0) is 13.0 Å². The van der Waals surface area contributed by atoms with Crippen molar-refractivity contribution in [3.63, 3.8) is 0 Å². The molecule has 3 aromatic rings. The average molecular weight is 384 g/mol. The average Bonchev–Trinajstić information content (AvgIpc) is 3.13. The van der Waals surface area contributed by atoms with Crippen molar-refractivity contribution in [2.45, 2.75) is 19.9 Å². The lowest BCUT2D eigenvalue weighted by Crippen LogP contribution is -2.37. The molecule has 0 spiro atoms. The van der Waals surface area contributed by atoms with Crippen molar-refractivity contribution in [1.29, 1.82) is 0 Å². The fourth-order valence-corrected chi connectivity index (χ4v) is 2.69. The van der Waals surface area contributed by atoms with Crippen molar-refractivity contribution in [3.8, 4) is 11.5 Å². The number of hydrogen-bond acceptors (Lipinski definition) is 3. The number of nitrogens with zero attached hydrogens (tertiary/aromatic N) is 2. The van der Waals surface area contributed by atoms with Gasteiger partial charge in [0.15, 0.2) is 5.96 Å². The number of oxazole rings is 1. The van der Waals surface area contributed by atoms with E-state index >= 15 is 0 Å². The molecule has 0 radical (unpaired) electrons. The molecule has 3 rings (SSSR count). The van der Waals surface area contributed by atoms with Crippen molar-refractivity contribution >= 4 is 5.96 Å². The first-order valence-corrected chi connectivity index (χ1v) is 8.94. The maximum Gasteiger partial charge on any atom is 0.226 e. The van der Waals surface area contributed by atoms with Crippen LogP contribution in [-0.4, -0.2) is 24.5 Å². The molecule has 0 saturated carbocycles. The van der Waals surface area contributed by atoms with Gasteiger partial charge < -0.3 is 15.1 Å². The standard InChI is InChI=1S/C21H22F2N4O/c1-14-3-5-16(6-4-14)20-27-19(13-28-20)12-26-21(24-2)25-8-7-15-9-17(22)11-18(23)10-15/h3-6,9-11,13H,7-8,12H2,1-2H3,(H2,24,25,26). The summed E-state index contributed by atoms with van der Waals surface area (Å²) in [5.41, 5.74) is 3.42. The van der Waals surface area contributed by atoms with Crippen LogP contribution in [0.25, 0.3) is 11.5 Å². The molecule has 0 aliphatic rings. The fraction of sp³-hybridized carbons (Fsp3) is 0.238. The summed E-state index contributed by atoms with van der Waals surface area (Å²) < 4.78 is 32.0. The second kappa shape index (κ2) is 9.12. The number of aromatic nitrogens is 1. The van der Waals surface area contributed by atoms with E-state index in [1.807, 2.05) is 31.2 Å².